The van der Waals surface area contributed by atoms with Crippen molar-refractivity contribution in [3.63, 3.8) is 0 Å². The number of benzene rings is 1. The van der Waals surface area contributed by atoms with Crippen LogP contribution in [0.4, 0.5) is 0 Å². The second kappa shape index (κ2) is 8.11. The Morgan fingerprint density at radius 2 is 2.22 bits per heavy atom. The highest BCUT2D eigenvalue weighted by Gasteiger charge is 2.04. The lowest BCUT2D eigenvalue weighted by Crippen LogP contribution is -2.24. The van der Waals surface area contributed by atoms with Gasteiger partial charge in [0.1, 0.15) is 5.75 Å². The zero-order valence-corrected chi connectivity index (χ0v) is 12.3. The molecule has 0 fully saturated rings. The smallest absolute Gasteiger partial charge is 0.223 e. The van der Waals surface area contributed by atoms with E-state index in [2.05, 4.69) is 26.6 Å². The Balaban J connectivity index is 2.45. The zero-order valence-electron chi connectivity index (χ0n) is 10.8. The molecule has 1 rings (SSSR count). The molecule has 0 aliphatic carbocycles. The molecule has 0 saturated carbocycles. The van der Waals surface area contributed by atoms with Gasteiger partial charge in [0.15, 0.2) is 0 Å². The third-order valence-electron chi connectivity index (χ3n) is 2.34. The average Bonchev–Trinajstić information content (AvgIpc) is 2.33. The lowest BCUT2D eigenvalue weighted by atomic mass is 10.2. The van der Waals surface area contributed by atoms with E-state index >= 15 is 0 Å². The molecule has 18 heavy (non-hydrogen) atoms. The van der Waals surface area contributed by atoms with Gasteiger partial charge in [-0.3, -0.25) is 4.79 Å². The summed E-state index contributed by atoms with van der Waals surface area (Å²) in [6.07, 6.45) is 0.374. The summed E-state index contributed by atoms with van der Waals surface area (Å²) < 4.78 is 6.47. The molecule has 0 bridgehead atoms. The topological polar surface area (TPSA) is 50.4 Å². The standard InChI is InChI=1S/C13H19BrN2O2/c1-3-16-13(17)6-7-18-12-5-4-10(9-15-2)8-11(12)14/h4-5,8,15H,3,6-7,9H2,1-2H3,(H,16,17). The summed E-state index contributed by atoms with van der Waals surface area (Å²) in [4.78, 5) is 11.2. The molecule has 5 heteroatoms. The first kappa shape index (κ1) is 15.0. The number of halogens is 1. The first-order valence-electron chi connectivity index (χ1n) is 6.00. The minimum Gasteiger partial charge on any atom is -0.492 e. The minimum atomic E-state index is 0.0143. The molecule has 0 aliphatic heterocycles. The third kappa shape index (κ3) is 5.06. The number of hydrogen-bond donors (Lipinski definition) is 2. The number of carbonyl (C=O) groups is 1. The SMILES string of the molecule is CCNC(=O)CCOc1ccc(CNC)cc1Br. The van der Waals surface area contributed by atoms with E-state index in [1.807, 2.05) is 32.2 Å². The Morgan fingerprint density at radius 1 is 1.44 bits per heavy atom. The second-order valence-corrected chi connectivity index (χ2v) is 4.70. The summed E-state index contributed by atoms with van der Waals surface area (Å²) in [5, 5.41) is 5.82. The van der Waals surface area contributed by atoms with Crippen molar-refractivity contribution in [3.05, 3.63) is 28.2 Å². The number of rotatable bonds is 7. The van der Waals surface area contributed by atoms with E-state index < -0.39 is 0 Å². The van der Waals surface area contributed by atoms with Gasteiger partial charge in [-0.2, -0.15) is 0 Å². The van der Waals surface area contributed by atoms with Crippen LogP contribution in [-0.2, 0) is 11.3 Å². The lowest BCUT2D eigenvalue weighted by molar-refractivity contribution is -0.121. The van der Waals surface area contributed by atoms with Crippen LogP contribution in [0.15, 0.2) is 22.7 Å². The molecule has 0 spiro atoms. The summed E-state index contributed by atoms with van der Waals surface area (Å²) in [7, 11) is 1.91. The van der Waals surface area contributed by atoms with Crippen LogP contribution in [-0.4, -0.2) is 26.1 Å². The van der Waals surface area contributed by atoms with Crippen molar-refractivity contribution in [2.45, 2.75) is 19.9 Å². The fraction of sp³-hybridized carbons (Fsp3) is 0.462. The van der Waals surface area contributed by atoms with E-state index in [0.29, 0.717) is 19.6 Å². The highest BCUT2D eigenvalue weighted by Crippen LogP contribution is 2.26. The van der Waals surface area contributed by atoms with Gasteiger partial charge < -0.3 is 15.4 Å². The van der Waals surface area contributed by atoms with Crippen LogP contribution in [0.25, 0.3) is 0 Å². The lowest BCUT2D eigenvalue weighted by Gasteiger charge is -2.09. The van der Waals surface area contributed by atoms with E-state index in [9.17, 15) is 4.79 Å². The van der Waals surface area contributed by atoms with Gasteiger partial charge in [0.2, 0.25) is 5.91 Å². The predicted molar refractivity (Wildman–Crippen MR) is 75.7 cm³/mol. The van der Waals surface area contributed by atoms with Crippen molar-refractivity contribution < 1.29 is 9.53 Å². The molecule has 1 aromatic rings. The molecule has 1 aromatic carbocycles. The summed E-state index contributed by atoms with van der Waals surface area (Å²) in [5.74, 6) is 0.777. The molecule has 0 heterocycles. The van der Waals surface area contributed by atoms with Gasteiger partial charge in [-0.05, 0) is 47.6 Å². The van der Waals surface area contributed by atoms with Gasteiger partial charge in [-0.1, -0.05) is 6.07 Å². The Morgan fingerprint density at radius 3 is 2.83 bits per heavy atom. The summed E-state index contributed by atoms with van der Waals surface area (Å²) in [6.45, 7) is 3.75. The van der Waals surface area contributed by atoms with Crippen LogP contribution in [0.1, 0.15) is 18.9 Å². The predicted octanol–water partition coefficient (Wildman–Crippen LogP) is 2.07. The van der Waals surface area contributed by atoms with Gasteiger partial charge in [-0.15, -0.1) is 0 Å². The first-order chi connectivity index (χ1) is 8.67. The molecule has 0 aromatic heterocycles. The van der Waals surface area contributed by atoms with Crippen LogP contribution in [0.2, 0.25) is 0 Å². The van der Waals surface area contributed by atoms with E-state index in [1.165, 1.54) is 5.56 Å². The van der Waals surface area contributed by atoms with Crippen molar-refractivity contribution in [2.75, 3.05) is 20.2 Å². The van der Waals surface area contributed by atoms with Gasteiger partial charge >= 0.3 is 0 Å². The minimum absolute atomic E-state index is 0.0143. The van der Waals surface area contributed by atoms with Crippen LogP contribution in [0.3, 0.4) is 0 Å². The maximum absolute atomic E-state index is 11.2. The highest BCUT2D eigenvalue weighted by atomic mass is 79.9. The number of hydrogen-bond acceptors (Lipinski definition) is 3. The van der Waals surface area contributed by atoms with E-state index in [1.54, 1.807) is 0 Å². The van der Waals surface area contributed by atoms with E-state index in [-0.39, 0.29) is 5.91 Å². The Labute approximate surface area is 116 Å². The average molecular weight is 315 g/mol. The zero-order chi connectivity index (χ0) is 13.4. The van der Waals surface area contributed by atoms with Crippen LogP contribution in [0, 0.1) is 0 Å². The summed E-state index contributed by atoms with van der Waals surface area (Å²) in [5.41, 5.74) is 1.18. The summed E-state index contributed by atoms with van der Waals surface area (Å²) >= 11 is 3.46. The largest absolute Gasteiger partial charge is 0.492 e. The number of nitrogens with one attached hydrogen (secondary N) is 2. The molecule has 0 saturated heterocycles. The monoisotopic (exact) mass is 314 g/mol. The summed E-state index contributed by atoms with van der Waals surface area (Å²) in [6, 6.07) is 5.93. The van der Waals surface area contributed by atoms with Gasteiger partial charge in [-0.25, -0.2) is 0 Å². The second-order valence-electron chi connectivity index (χ2n) is 3.85. The molecule has 0 atom stereocenters. The quantitative estimate of drug-likeness (QED) is 0.810. The van der Waals surface area contributed by atoms with Crippen LogP contribution in [0.5, 0.6) is 5.75 Å². The Kier molecular flexibility index (Phi) is 6.75. The van der Waals surface area contributed by atoms with Crippen molar-refractivity contribution in [1.29, 1.82) is 0 Å². The van der Waals surface area contributed by atoms with Gasteiger partial charge in [0, 0.05) is 13.1 Å². The molecular formula is C13H19BrN2O2. The molecule has 1 amide bonds. The van der Waals surface area contributed by atoms with Crippen LogP contribution >= 0.6 is 15.9 Å². The molecule has 2 N–H and O–H groups in total. The number of carbonyl (C=O) groups excluding carboxylic acids is 1. The maximum Gasteiger partial charge on any atom is 0.223 e. The fourth-order valence-electron chi connectivity index (χ4n) is 1.51. The molecule has 0 aliphatic rings. The molecular weight excluding hydrogens is 296 g/mol. The number of amides is 1. The van der Waals surface area contributed by atoms with Crippen molar-refractivity contribution >= 4 is 21.8 Å². The number of ether oxygens (including phenoxy) is 1. The molecule has 0 unspecified atom stereocenters. The van der Waals surface area contributed by atoms with Crippen molar-refractivity contribution in [3.8, 4) is 5.75 Å². The Bertz CT molecular complexity index is 397. The van der Waals surface area contributed by atoms with Crippen LogP contribution < -0.4 is 15.4 Å². The van der Waals surface area contributed by atoms with Gasteiger partial charge in [0.25, 0.3) is 0 Å². The van der Waals surface area contributed by atoms with Gasteiger partial charge in [0.05, 0.1) is 17.5 Å². The molecule has 4 nitrogen and oxygen atoms in total. The van der Waals surface area contributed by atoms with E-state index in [4.69, 9.17) is 4.74 Å². The maximum atomic E-state index is 11.2. The fourth-order valence-corrected chi connectivity index (χ4v) is 2.06. The highest BCUT2D eigenvalue weighted by molar-refractivity contribution is 9.10. The molecule has 100 valence electrons. The molecule has 0 radical (unpaired) electrons. The van der Waals surface area contributed by atoms with Crippen molar-refractivity contribution in [2.24, 2.45) is 0 Å². The normalized spacial score (nSPS) is 10.2. The first-order valence-corrected chi connectivity index (χ1v) is 6.79. The Hall–Kier alpha value is -1.07. The van der Waals surface area contributed by atoms with E-state index in [0.717, 1.165) is 16.8 Å². The third-order valence-corrected chi connectivity index (χ3v) is 2.96. The van der Waals surface area contributed by atoms with Crippen molar-refractivity contribution in [1.82, 2.24) is 10.6 Å².